The zero-order valence-electron chi connectivity index (χ0n) is 14.2. The zero-order valence-corrected chi connectivity index (χ0v) is 15.0. The zero-order chi connectivity index (χ0) is 17.6. The van der Waals surface area contributed by atoms with Gasteiger partial charge in [0.15, 0.2) is 0 Å². The van der Waals surface area contributed by atoms with Crippen LogP contribution in [-0.4, -0.2) is 17.7 Å². The molecule has 0 atom stereocenters. The number of aromatic nitrogens is 1. The van der Waals surface area contributed by atoms with Crippen molar-refractivity contribution in [3.8, 4) is 11.3 Å². The minimum atomic E-state index is -0.270. The highest BCUT2D eigenvalue weighted by Crippen LogP contribution is 2.25. The van der Waals surface area contributed by atoms with E-state index >= 15 is 0 Å². The van der Waals surface area contributed by atoms with Gasteiger partial charge in [-0.3, -0.25) is 4.79 Å². The molecular formula is C20H21FN2OS. The van der Waals surface area contributed by atoms with Crippen LogP contribution in [0.3, 0.4) is 0 Å². The first kappa shape index (κ1) is 17.6. The van der Waals surface area contributed by atoms with E-state index in [2.05, 4.69) is 17.4 Å². The summed E-state index contributed by atoms with van der Waals surface area (Å²) < 4.78 is 14.8. The summed E-state index contributed by atoms with van der Waals surface area (Å²) in [6.07, 6.45) is 1.76. The fourth-order valence-corrected chi connectivity index (χ4v) is 3.83. The van der Waals surface area contributed by atoms with E-state index in [0.29, 0.717) is 0 Å². The summed E-state index contributed by atoms with van der Waals surface area (Å²) in [5.41, 5.74) is 3.08. The molecule has 2 aromatic carbocycles. The van der Waals surface area contributed by atoms with Crippen LogP contribution < -0.4 is 10.2 Å². The first-order valence-electron chi connectivity index (χ1n) is 8.34. The summed E-state index contributed by atoms with van der Waals surface area (Å²) in [7, 11) is 1.77. The fourth-order valence-electron chi connectivity index (χ4n) is 2.84. The normalized spacial score (nSPS) is 11.0. The molecule has 3 rings (SSSR count). The lowest BCUT2D eigenvalue weighted by Crippen LogP contribution is -2.20. The minimum absolute atomic E-state index is 0.0126. The molecule has 0 fully saturated rings. The van der Waals surface area contributed by atoms with Gasteiger partial charge >= 0.3 is 4.87 Å². The first-order chi connectivity index (χ1) is 12.1. The van der Waals surface area contributed by atoms with Gasteiger partial charge in [-0.2, -0.15) is 0 Å². The SMILES string of the molecule is Cn1c(-c2ccc(F)cc2)c(CCNCCc2ccccc2)sc1=O. The Morgan fingerprint density at radius 2 is 1.68 bits per heavy atom. The summed E-state index contributed by atoms with van der Waals surface area (Å²) in [4.78, 5) is 13.1. The van der Waals surface area contributed by atoms with Gasteiger partial charge < -0.3 is 9.88 Å². The lowest BCUT2D eigenvalue weighted by molar-refractivity contribution is 0.628. The molecule has 3 aromatic rings. The third kappa shape index (κ3) is 4.44. The van der Waals surface area contributed by atoms with Gasteiger partial charge in [0, 0.05) is 18.5 Å². The highest BCUT2D eigenvalue weighted by atomic mass is 32.1. The number of hydrogen-bond acceptors (Lipinski definition) is 3. The van der Waals surface area contributed by atoms with E-state index in [1.807, 2.05) is 18.2 Å². The third-order valence-electron chi connectivity index (χ3n) is 4.16. The summed E-state index contributed by atoms with van der Waals surface area (Å²) in [5, 5.41) is 3.43. The van der Waals surface area contributed by atoms with Crippen molar-refractivity contribution in [2.45, 2.75) is 12.8 Å². The molecule has 0 radical (unpaired) electrons. The van der Waals surface area contributed by atoms with Gasteiger partial charge in [0.1, 0.15) is 5.82 Å². The summed E-state index contributed by atoms with van der Waals surface area (Å²) in [6, 6.07) is 16.7. The van der Waals surface area contributed by atoms with Crippen molar-refractivity contribution in [1.29, 1.82) is 0 Å². The third-order valence-corrected chi connectivity index (χ3v) is 5.26. The molecule has 0 spiro atoms. The van der Waals surface area contributed by atoms with Gasteiger partial charge in [-0.15, -0.1) is 0 Å². The molecule has 0 saturated heterocycles. The van der Waals surface area contributed by atoms with Gasteiger partial charge in [-0.1, -0.05) is 41.7 Å². The van der Waals surface area contributed by atoms with Crippen LogP contribution in [0.15, 0.2) is 59.4 Å². The van der Waals surface area contributed by atoms with E-state index in [1.54, 1.807) is 23.7 Å². The number of benzene rings is 2. The van der Waals surface area contributed by atoms with E-state index in [9.17, 15) is 9.18 Å². The number of hydrogen-bond donors (Lipinski definition) is 1. The van der Waals surface area contributed by atoms with Gasteiger partial charge in [0.25, 0.3) is 0 Å². The van der Waals surface area contributed by atoms with Crippen molar-refractivity contribution in [1.82, 2.24) is 9.88 Å². The molecule has 0 aliphatic rings. The Balaban J connectivity index is 1.62. The number of nitrogens with one attached hydrogen (secondary N) is 1. The van der Waals surface area contributed by atoms with Crippen molar-refractivity contribution in [3.05, 3.63) is 80.5 Å². The van der Waals surface area contributed by atoms with Gasteiger partial charge in [0.2, 0.25) is 0 Å². The van der Waals surface area contributed by atoms with Crippen molar-refractivity contribution < 1.29 is 4.39 Å². The topological polar surface area (TPSA) is 34.0 Å². The molecule has 25 heavy (non-hydrogen) atoms. The molecule has 3 nitrogen and oxygen atoms in total. The minimum Gasteiger partial charge on any atom is -0.316 e. The Morgan fingerprint density at radius 1 is 1.00 bits per heavy atom. The number of nitrogens with zero attached hydrogens (tertiary/aromatic N) is 1. The van der Waals surface area contributed by atoms with Crippen molar-refractivity contribution in [2.24, 2.45) is 7.05 Å². The largest absolute Gasteiger partial charge is 0.316 e. The predicted molar refractivity (Wildman–Crippen MR) is 102 cm³/mol. The van der Waals surface area contributed by atoms with E-state index in [4.69, 9.17) is 0 Å². The summed E-state index contributed by atoms with van der Waals surface area (Å²) in [5.74, 6) is -0.270. The van der Waals surface area contributed by atoms with Crippen molar-refractivity contribution in [3.63, 3.8) is 0 Å². The highest BCUT2D eigenvalue weighted by Gasteiger charge is 2.14. The fraction of sp³-hybridized carbons (Fsp3) is 0.250. The Morgan fingerprint density at radius 3 is 2.40 bits per heavy atom. The van der Waals surface area contributed by atoms with E-state index in [0.717, 1.165) is 42.1 Å². The quantitative estimate of drug-likeness (QED) is 0.656. The molecule has 0 bridgehead atoms. The molecule has 0 unspecified atom stereocenters. The summed E-state index contributed by atoms with van der Waals surface area (Å²) >= 11 is 1.27. The smallest absolute Gasteiger partial charge is 0.307 e. The van der Waals surface area contributed by atoms with E-state index in [-0.39, 0.29) is 10.7 Å². The molecule has 5 heteroatoms. The molecule has 1 aromatic heterocycles. The van der Waals surface area contributed by atoms with Crippen LogP contribution in [-0.2, 0) is 19.9 Å². The van der Waals surface area contributed by atoms with Crippen LogP contribution in [0.5, 0.6) is 0 Å². The summed E-state index contributed by atoms with van der Waals surface area (Å²) in [6.45, 7) is 1.71. The molecular weight excluding hydrogens is 335 g/mol. The van der Waals surface area contributed by atoms with Crippen LogP contribution in [0.1, 0.15) is 10.4 Å². The van der Waals surface area contributed by atoms with Crippen LogP contribution in [0, 0.1) is 5.82 Å². The lowest BCUT2D eigenvalue weighted by Gasteiger charge is -2.08. The van der Waals surface area contributed by atoms with Crippen molar-refractivity contribution in [2.75, 3.05) is 13.1 Å². The predicted octanol–water partition coefficient (Wildman–Crippen LogP) is 3.63. The molecule has 0 saturated carbocycles. The second kappa shape index (κ2) is 8.23. The molecule has 0 aliphatic carbocycles. The lowest BCUT2D eigenvalue weighted by atomic mass is 10.1. The Kier molecular flexibility index (Phi) is 5.79. The van der Waals surface area contributed by atoms with Crippen LogP contribution in [0.2, 0.25) is 0 Å². The maximum absolute atomic E-state index is 13.2. The average Bonchev–Trinajstić information content (AvgIpc) is 2.91. The van der Waals surface area contributed by atoms with Crippen molar-refractivity contribution >= 4 is 11.3 Å². The molecule has 1 N–H and O–H groups in total. The maximum atomic E-state index is 13.2. The second-order valence-electron chi connectivity index (χ2n) is 5.94. The highest BCUT2D eigenvalue weighted by molar-refractivity contribution is 7.09. The van der Waals surface area contributed by atoms with Crippen LogP contribution >= 0.6 is 11.3 Å². The van der Waals surface area contributed by atoms with Gasteiger partial charge in [0.05, 0.1) is 5.69 Å². The molecule has 0 aliphatic heterocycles. The molecule has 1 heterocycles. The maximum Gasteiger partial charge on any atom is 0.307 e. The van der Waals surface area contributed by atoms with Gasteiger partial charge in [-0.05, 0) is 54.8 Å². The number of thiazole rings is 1. The van der Waals surface area contributed by atoms with Crippen LogP contribution in [0.4, 0.5) is 4.39 Å². The average molecular weight is 356 g/mol. The monoisotopic (exact) mass is 356 g/mol. The number of halogens is 1. The number of rotatable bonds is 7. The van der Waals surface area contributed by atoms with E-state index in [1.165, 1.54) is 29.0 Å². The Labute approximate surface area is 150 Å². The van der Waals surface area contributed by atoms with E-state index < -0.39 is 0 Å². The molecule has 0 amide bonds. The van der Waals surface area contributed by atoms with Gasteiger partial charge in [-0.25, -0.2) is 4.39 Å². The Hall–Kier alpha value is -2.24. The first-order valence-corrected chi connectivity index (χ1v) is 9.16. The Bertz CT molecular complexity index is 869. The second-order valence-corrected chi connectivity index (χ2v) is 6.99. The standard InChI is InChI=1S/C20H21FN2OS/c1-23-19(16-7-9-17(21)10-8-16)18(25-20(23)24)12-14-22-13-11-15-5-3-2-4-6-15/h2-10,22H,11-14H2,1H3. The molecule has 130 valence electrons. The van der Waals surface area contributed by atoms with Crippen LogP contribution in [0.25, 0.3) is 11.3 Å².